The quantitative estimate of drug-likeness (QED) is 0.565. The molecule has 1 saturated heterocycles. The first-order valence-corrected chi connectivity index (χ1v) is 12.1. The molecule has 0 bridgehead atoms. The highest BCUT2D eigenvalue weighted by atomic mass is 16.4. The average molecular weight is 444 g/mol. The highest BCUT2D eigenvalue weighted by Gasteiger charge is 2.37. The second kappa shape index (κ2) is 9.54. The zero-order valence-electron chi connectivity index (χ0n) is 19.2. The predicted molar refractivity (Wildman–Crippen MR) is 130 cm³/mol. The molecule has 5 rings (SSSR count). The van der Waals surface area contributed by atoms with Gasteiger partial charge in [0.05, 0.1) is 6.04 Å². The smallest absolute Gasteiger partial charge is 0.289 e. The largest absolute Gasteiger partial charge is 0.454 e. The highest BCUT2D eigenvalue weighted by Crippen LogP contribution is 2.34. The summed E-state index contributed by atoms with van der Waals surface area (Å²) in [5.41, 5.74) is 10.1. The Morgan fingerprint density at radius 2 is 1.91 bits per heavy atom. The Hall–Kier alpha value is -2.89. The molecule has 2 heterocycles. The summed E-state index contributed by atoms with van der Waals surface area (Å²) in [6, 6.07) is 23.1. The maximum absolute atomic E-state index is 13.5. The number of nitrogens with one attached hydrogen (secondary N) is 1. The first-order valence-electron chi connectivity index (χ1n) is 12.1. The Bertz CT molecular complexity index is 1090. The Morgan fingerprint density at radius 1 is 1.12 bits per heavy atom. The number of carbonyl (C=O) groups is 1. The van der Waals surface area contributed by atoms with Gasteiger partial charge in [-0.15, -0.1) is 0 Å². The van der Waals surface area contributed by atoms with E-state index in [9.17, 15) is 4.79 Å². The van der Waals surface area contributed by atoms with Crippen molar-refractivity contribution in [3.8, 4) is 0 Å². The van der Waals surface area contributed by atoms with Crippen molar-refractivity contribution >= 4 is 5.91 Å². The van der Waals surface area contributed by atoms with Crippen molar-refractivity contribution in [3.05, 3.63) is 94.9 Å². The van der Waals surface area contributed by atoms with Crippen LogP contribution >= 0.6 is 0 Å². The summed E-state index contributed by atoms with van der Waals surface area (Å²) in [5.74, 6) is 1.30. The lowest BCUT2D eigenvalue weighted by atomic mass is 9.87. The second-order valence-corrected chi connectivity index (χ2v) is 9.50. The molecule has 172 valence electrons. The number of hydrogen-bond donors (Lipinski definition) is 2. The van der Waals surface area contributed by atoms with Crippen LogP contribution in [0.15, 0.2) is 71.1 Å². The molecule has 5 nitrogen and oxygen atoms in total. The molecule has 0 saturated carbocycles. The standard InChI is InChI=1S/C28H33N3O2/c1-19(29)26-14-15-27(33-26)28(32)31-18-22(20-8-3-2-4-9-20)16-23(31)17-30-25-13-7-11-21-10-5-6-12-24(21)25/h2-6,8-10,12,14-15,19,22-23,25,30H,7,11,13,16-18,29H2,1H3. The molecule has 3 aromatic rings. The number of amides is 1. The van der Waals surface area contributed by atoms with Crippen LogP contribution in [0.25, 0.3) is 0 Å². The molecule has 5 heteroatoms. The molecule has 4 atom stereocenters. The van der Waals surface area contributed by atoms with Gasteiger partial charge < -0.3 is 20.4 Å². The minimum atomic E-state index is -0.231. The average Bonchev–Trinajstić information content (AvgIpc) is 3.51. The first-order chi connectivity index (χ1) is 16.1. The molecule has 3 N–H and O–H groups in total. The number of furan rings is 1. The zero-order valence-corrected chi connectivity index (χ0v) is 19.2. The van der Waals surface area contributed by atoms with Crippen molar-refractivity contribution in [2.45, 2.75) is 56.7 Å². The number of likely N-dealkylation sites (tertiary alicyclic amines) is 1. The molecule has 2 aromatic carbocycles. The van der Waals surface area contributed by atoms with Crippen LogP contribution in [0.5, 0.6) is 0 Å². The number of hydrogen-bond acceptors (Lipinski definition) is 4. The van der Waals surface area contributed by atoms with Crippen molar-refractivity contribution in [1.29, 1.82) is 0 Å². The van der Waals surface area contributed by atoms with Gasteiger partial charge in [-0.2, -0.15) is 0 Å². The van der Waals surface area contributed by atoms with E-state index >= 15 is 0 Å². The molecule has 1 aromatic heterocycles. The summed E-state index contributed by atoms with van der Waals surface area (Å²) in [6.07, 6.45) is 4.42. The van der Waals surface area contributed by atoms with Crippen LogP contribution < -0.4 is 11.1 Å². The van der Waals surface area contributed by atoms with E-state index in [0.29, 0.717) is 30.0 Å². The van der Waals surface area contributed by atoms with Gasteiger partial charge in [-0.25, -0.2) is 0 Å². The third-order valence-electron chi connectivity index (χ3n) is 7.20. The maximum Gasteiger partial charge on any atom is 0.289 e. The number of aryl methyl sites for hydroxylation is 1. The first kappa shape index (κ1) is 21.9. The number of carbonyl (C=O) groups excluding carboxylic acids is 1. The fraction of sp³-hybridized carbons (Fsp3) is 0.393. The maximum atomic E-state index is 13.5. The van der Waals surface area contributed by atoms with E-state index in [-0.39, 0.29) is 18.0 Å². The predicted octanol–water partition coefficient (Wildman–Crippen LogP) is 4.96. The second-order valence-electron chi connectivity index (χ2n) is 9.50. The van der Waals surface area contributed by atoms with Gasteiger partial charge in [0.25, 0.3) is 5.91 Å². The molecule has 1 aliphatic heterocycles. The Labute approximate surface area is 196 Å². The van der Waals surface area contributed by atoms with Gasteiger partial charge in [-0.05, 0) is 61.4 Å². The SMILES string of the molecule is CC(N)c1ccc(C(=O)N2CC(c3ccccc3)CC2CNC2CCCc3ccccc32)o1. The summed E-state index contributed by atoms with van der Waals surface area (Å²) in [4.78, 5) is 15.5. The lowest BCUT2D eigenvalue weighted by Crippen LogP contribution is -2.42. The summed E-state index contributed by atoms with van der Waals surface area (Å²) in [6.45, 7) is 3.34. The Balaban J connectivity index is 1.35. The number of nitrogens with zero attached hydrogens (tertiary/aromatic N) is 1. The van der Waals surface area contributed by atoms with Crippen LogP contribution in [0, 0.1) is 0 Å². The van der Waals surface area contributed by atoms with Crippen LogP contribution in [-0.4, -0.2) is 29.9 Å². The number of rotatable bonds is 6. The van der Waals surface area contributed by atoms with E-state index in [2.05, 4.69) is 53.8 Å². The lowest BCUT2D eigenvalue weighted by Gasteiger charge is -2.30. The fourth-order valence-corrected chi connectivity index (χ4v) is 5.42. The fourth-order valence-electron chi connectivity index (χ4n) is 5.42. The van der Waals surface area contributed by atoms with Crippen LogP contribution in [-0.2, 0) is 6.42 Å². The van der Waals surface area contributed by atoms with E-state index < -0.39 is 0 Å². The minimum Gasteiger partial charge on any atom is -0.454 e. The van der Waals surface area contributed by atoms with E-state index in [1.807, 2.05) is 24.0 Å². The van der Waals surface area contributed by atoms with Gasteiger partial charge >= 0.3 is 0 Å². The topological polar surface area (TPSA) is 71.5 Å². The lowest BCUT2D eigenvalue weighted by molar-refractivity contribution is 0.0697. The van der Waals surface area contributed by atoms with Crippen molar-refractivity contribution < 1.29 is 9.21 Å². The van der Waals surface area contributed by atoms with E-state index in [1.165, 1.54) is 23.1 Å². The van der Waals surface area contributed by atoms with Gasteiger partial charge in [0, 0.05) is 31.1 Å². The minimum absolute atomic E-state index is 0.0452. The van der Waals surface area contributed by atoms with Gasteiger partial charge in [-0.3, -0.25) is 4.79 Å². The molecule has 33 heavy (non-hydrogen) atoms. The zero-order chi connectivity index (χ0) is 22.8. The van der Waals surface area contributed by atoms with Crippen LogP contribution in [0.4, 0.5) is 0 Å². The van der Waals surface area contributed by atoms with Crippen LogP contribution in [0.2, 0.25) is 0 Å². The van der Waals surface area contributed by atoms with Crippen molar-refractivity contribution in [2.75, 3.05) is 13.1 Å². The number of nitrogens with two attached hydrogens (primary N) is 1. The van der Waals surface area contributed by atoms with E-state index in [1.54, 1.807) is 6.07 Å². The molecular formula is C28H33N3O2. The molecule has 0 spiro atoms. The Kier molecular flexibility index (Phi) is 6.34. The van der Waals surface area contributed by atoms with E-state index in [0.717, 1.165) is 25.8 Å². The van der Waals surface area contributed by atoms with Gasteiger partial charge in [0.2, 0.25) is 0 Å². The molecule has 1 fully saturated rings. The number of benzene rings is 2. The molecule has 2 aliphatic rings. The van der Waals surface area contributed by atoms with Gasteiger partial charge in [0.15, 0.2) is 5.76 Å². The molecular weight excluding hydrogens is 410 g/mol. The van der Waals surface area contributed by atoms with Crippen molar-refractivity contribution in [3.63, 3.8) is 0 Å². The third kappa shape index (κ3) is 4.61. The van der Waals surface area contributed by atoms with Gasteiger partial charge in [-0.1, -0.05) is 54.6 Å². The monoisotopic (exact) mass is 443 g/mol. The van der Waals surface area contributed by atoms with Crippen molar-refractivity contribution in [2.24, 2.45) is 5.73 Å². The summed E-state index contributed by atoms with van der Waals surface area (Å²) >= 11 is 0. The van der Waals surface area contributed by atoms with Crippen molar-refractivity contribution in [1.82, 2.24) is 10.2 Å². The molecule has 1 amide bonds. The molecule has 0 radical (unpaired) electrons. The van der Waals surface area contributed by atoms with Crippen LogP contribution in [0.3, 0.4) is 0 Å². The normalized spacial score (nSPS) is 23.3. The van der Waals surface area contributed by atoms with Gasteiger partial charge in [0.1, 0.15) is 5.76 Å². The number of fused-ring (bicyclic) bond motifs is 1. The van der Waals surface area contributed by atoms with E-state index in [4.69, 9.17) is 10.2 Å². The Morgan fingerprint density at radius 3 is 2.70 bits per heavy atom. The summed E-state index contributed by atoms with van der Waals surface area (Å²) < 4.78 is 5.81. The highest BCUT2D eigenvalue weighted by molar-refractivity contribution is 5.92. The van der Waals surface area contributed by atoms with Crippen LogP contribution in [0.1, 0.15) is 77.2 Å². The third-order valence-corrected chi connectivity index (χ3v) is 7.20. The summed E-state index contributed by atoms with van der Waals surface area (Å²) in [5, 5.41) is 3.81. The molecule has 1 aliphatic carbocycles. The summed E-state index contributed by atoms with van der Waals surface area (Å²) in [7, 11) is 0. The molecule has 4 unspecified atom stereocenters.